The van der Waals surface area contributed by atoms with E-state index in [0.717, 1.165) is 12.1 Å². The minimum absolute atomic E-state index is 0.0826. The Labute approximate surface area is 185 Å². The lowest BCUT2D eigenvalue weighted by molar-refractivity contribution is -0.137. The molecule has 170 valence electrons. The van der Waals surface area contributed by atoms with Crippen molar-refractivity contribution in [1.82, 2.24) is 14.6 Å². The van der Waals surface area contributed by atoms with Crippen molar-refractivity contribution >= 4 is 17.0 Å². The van der Waals surface area contributed by atoms with Crippen LogP contribution < -0.4 is 10.2 Å². The molecule has 0 spiro atoms. The Morgan fingerprint density at radius 1 is 1.18 bits per heavy atom. The molecule has 0 aliphatic heterocycles. The molecule has 0 fully saturated rings. The highest BCUT2D eigenvalue weighted by molar-refractivity contribution is 5.88. The molecular weight excluding hydrogens is 440 g/mol. The van der Waals surface area contributed by atoms with Crippen LogP contribution in [0, 0.1) is 12.7 Å². The number of benzene rings is 2. The van der Waals surface area contributed by atoms with Gasteiger partial charge in [0.15, 0.2) is 11.6 Å². The Bertz CT molecular complexity index is 1350. The second-order valence-corrected chi connectivity index (χ2v) is 7.26. The molecule has 2 aromatic carbocycles. The average molecular weight is 458 g/mol. The molecule has 0 unspecified atom stereocenters. The number of carbonyl (C=O) groups excluding carboxylic acids is 1. The van der Waals surface area contributed by atoms with Gasteiger partial charge in [0.25, 0.3) is 0 Å². The molecule has 0 radical (unpaired) electrons. The minimum Gasteiger partial charge on any atom is -0.406 e. The van der Waals surface area contributed by atoms with Gasteiger partial charge in [-0.1, -0.05) is 19.1 Å². The average Bonchev–Trinajstić information content (AvgIpc) is 3.11. The summed E-state index contributed by atoms with van der Waals surface area (Å²) in [6.45, 7) is 3.41. The number of ether oxygens (including phenoxy) is 1. The summed E-state index contributed by atoms with van der Waals surface area (Å²) < 4.78 is 59.3. The van der Waals surface area contributed by atoms with Gasteiger partial charge >= 0.3 is 12.3 Å². The number of aromatic nitrogens is 3. The van der Waals surface area contributed by atoms with E-state index in [9.17, 15) is 22.4 Å². The standard InChI is InChI=1S/C23H18F4N4O2/c1-3-14-12-31(19-8-7-16(10-18(14)19)23(25,26)27)30-22(32)33-20-11-28-21(29-13(20)2)15-5-4-6-17(24)9-15/h4-12H,3H2,1-2H3,(H,30,32). The van der Waals surface area contributed by atoms with Gasteiger partial charge in [0.2, 0.25) is 0 Å². The zero-order chi connectivity index (χ0) is 23.8. The van der Waals surface area contributed by atoms with Crippen LogP contribution in [0.25, 0.3) is 22.3 Å². The number of halogens is 4. The van der Waals surface area contributed by atoms with E-state index in [1.54, 1.807) is 26.1 Å². The van der Waals surface area contributed by atoms with E-state index in [4.69, 9.17) is 4.74 Å². The number of nitrogens with zero attached hydrogens (tertiary/aromatic N) is 3. The summed E-state index contributed by atoms with van der Waals surface area (Å²) in [6, 6.07) is 9.07. The molecule has 0 bridgehead atoms. The largest absolute Gasteiger partial charge is 0.432 e. The Morgan fingerprint density at radius 2 is 1.97 bits per heavy atom. The summed E-state index contributed by atoms with van der Waals surface area (Å²) in [5, 5.41) is 0.381. The number of hydrogen-bond acceptors (Lipinski definition) is 4. The lowest BCUT2D eigenvalue weighted by Gasteiger charge is -2.11. The second-order valence-electron chi connectivity index (χ2n) is 7.26. The number of rotatable bonds is 4. The van der Waals surface area contributed by atoms with Crippen LogP contribution in [0.3, 0.4) is 0 Å². The van der Waals surface area contributed by atoms with Crippen molar-refractivity contribution in [3.63, 3.8) is 0 Å². The van der Waals surface area contributed by atoms with Crippen molar-refractivity contribution < 1.29 is 27.1 Å². The molecule has 0 saturated carbocycles. The summed E-state index contributed by atoms with van der Waals surface area (Å²) in [7, 11) is 0. The van der Waals surface area contributed by atoms with Crippen molar-refractivity contribution in [2.24, 2.45) is 0 Å². The third kappa shape index (κ3) is 4.64. The molecule has 0 aliphatic rings. The maximum absolute atomic E-state index is 13.4. The van der Waals surface area contributed by atoms with Gasteiger partial charge in [-0.05, 0) is 49.2 Å². The highest BCUT2D eigenvalue weighted by Crippen LogP contribution is 2.33. The van der Waals surface area contributed by atoms with Gasteiger partial charge < -0.3 is 4.74 Å². The van der Waals surface area contributed by atoms with Crippen LogP contribution in [-0.4, -0.2) is 20.7 Å². The van der Waals surface area contributed by atoms with Gasteiger partial charge in [-0.25, -0.2) is 24.6 Å². The Balaban J connectivity index is 1.55. The molecule has 2 heterocycles. The number of alkyl halides is 3. The molecule has 0 aliphatic carbocycles. The number of hydrogen-bond donors (Lipinski definition) is 1. The number of amides is 1. The van der Waals surface area contributed by atoms with Gasteiger partial charge in [-0.3, -0.25) is 4.68 Å². The van der Waals surface area contributed by atoms with Crippen LogP contribution in [0.2, 0.25) is 0 Å². The number of fused-ring (bicyclic) bond motifs is 1. The molecule has 33 heavy (non-hydrogen) atoms. The normalized spacial score (nSPS) is 11.6. The molecule has 2 aromatic heterocycles. The van der Waals surface area contributed by atoms with E-state index in [1.165, 1.54) is 35.1 Å². The zero-order valence-corrected chi connectivity index (χ0v) is 17.6. The fraction of sp³-hybridized carbons (Fsp3) is 0.174. The van der Waals surface area contributed by atoms with Gasteiger partial charge in [0.05, 0.1) is 23.0 Å². The summed E-state index contributed by atoms with van der Waals surface area (Å²) >= 11 is 0. The van der Waals surface area contributed by atoms with Crippen molar-refractivity contribution in [1.29, 1.82) is 0 Å². The molecule has 4 aromatic rings. The highest BCUT2D eigenvalue weighted by Gasteiger charge is 2.31. The molecular formula is C23H18F4N4O2. The minimum atomic E-state index is -4.47. The Morgan fingerprint density at radius 3 is 2.64 bits per heavy atom. The fourth-order valence-electron chi connectivity index (χ4n) is 3.39. The molecule has 1 amide bonds. The summed E-state index contributed by atoms with van der Waals surface area (Å²) in [5.74, 6) is -0.0791. The van der Waals surface area contributed by atoms with E-state index in [-0.39, 0.29) is 11.6 Å². The van der Waals surface area contributed by atoms with Crippen LogP contribution in [-0.2, 0) is 12.6 Å². The first-order chi connectivity index (χ1) is 15.7. The molecule has 1 N–H and O–H groups in total. The third-order valence-electron chi connectivity index (χ3n) is 5.03. The van der Waals surface area contributed by atoms with E-state index in [0.29, 0.717) is 34.1 Å². The molecule has 6 nitrogen and oxygen atoms in total. The van der Waals surface area contributed by atoms with Crippen LogP contribution in [0.15, 0.2) is 54.9 Å². The number of aryl methyl sites for hydroxylation is 2. The monoisotopic (exact) mass is 458 g/mol. The van der Waals surface area contributed by atoms with E-state index >= 15 is 0 Å². The third-order valence-corrected chi connectivity index (χ3v) is 5.03. The van der Waals surface area contributed by atoms with Crippen molar-refractivity contribution in [3.05, 3.63) is 77.5 Å². The van der Waals surface area contributed by atoms with Gasteiger partial charge in [-0.15, -0.1) is 0 Å². The quantitative estimate of drug-likeness (QED) is 0.389. The van der Waals surface area contributed by atoms with E-state index < -0.39 is 23.7 Å². The lowest BCUT2D eigenvalue weighted by Crippen LogP contribution is -2.25. The fourth-order valence-corrected chi connectivity index (χ4v) is 3.39. The van der Waals surface area contributed by atoms with E-state index in [2.05, 4.69) is 15.4 Å². The molecule has 0 saturated heterocycles. The van der Waals surface area contributed by atoms with Crippen molar-refractivity contribution in [2.45, 2.75) is 26.4 Å². The van der Waals surface area contributed by atoms with Crippen LogP contribution in [0.5, 0.6) is 5.75 Å². The zero-order valence-electron chi connectivity index (χ0n) is 17.6. The lowest BCUT2D eigenvalue weighted by atomic mass is 10.1. The first kappa shape index (κ1) is 22.3. The molecule has 0 atom stereocenters. The van der Waals surface area contributed by atoms with Gasteiger partial charge in [0, 0.05) is 17.1 Å². The predicted molar refractivity (Wildman–Crippen MR) is 114 cm³/mol. The van der Waals surface area contributed by atoms with Crippen LogP contribution in [0.1, 0.15) is 23.7 Å². The summed E-state index contributed by atoms with van der Waals surface area (Å²) in [6.07, 6.45) is -2.04. The maximum Gasteiger partial charge on any atom is 0.432 e. The van der Waals surface area contributed by atoms with Crippen LogP contribution >= 0.6 is 0 Å². The Kier molecular flexibility index (Phi) is 5.75. The summed E-state index contributed by atoms with van der Waals surface area (Å²) in [5.41, 5.74) is 3.58. The maximum atomic E-state index is 13.4. The number of nitrogens with one attached hydrogen (secondary N) is 1. The van der Waals surface area contributed by atoms with Gasteiger partial charge in [0.1, 0.15) is 5.82 Å². The smallest absolute Gasteiger partial charge is 0.406 e. The second kappa shape index (κ2) is 8.53. The van der Waals surface area contributed by atoms with Crippen molar-refractivity contribution in [3.8, 4) is 17.1 Å². The van der Waals surface area contributed by atoms with Crippen molar-refractivity contribution in [2.75, 3.05) is 5.43 Å². The first-order valence-electron chi connectivity index (χ1n) is 9.95. The molecule has 10 heteroatoms. The van der Waals surface area contributed by atoms with Gasteiger partial charge in [-0.2, -0.15) is 13.2 Å². The van der Waals surface area contributed by atoms with Crippen LogP contribution in [0.4, 0.5) is 22.4 Å². The topological polar surface area (TPSA) is 69.0 Å². The Hall–Kier alpha value is -3.95. The van der Waals surface area contributed by atoms with E-state index in [1.807, 2.05) is 0 Å². The predicted octanol–water partition coefficient (Wildman–Crippen LogP) is 5.87. The molecule has 4 rings (SSSR count). The SMILES string of the molecule is CCc1cn(NC(=O)Oc2cnc(-c3cccc(F)c3)nc2C)c2ccc(C(F)(F)F)cc12. The first-order valence-corrected chi connectivity index (χ1v) is 9.95. The number of carbonyl (C=O) groups is 1. The highest BCUT2D eigenvalue weighted by atomic mass is 19.4. The summed E-state index contributed by atoms with van der Waals surface area (Å²) in [4.78, 5) is 20.8.